The first-order valence-corrected chi connectivity index (χ1v) is 7.53. The molecule has 0 N–H and O–H groups in total. The lowest BCUT2D eigenvalue weighted by Crippen LogP contribution is -2.24. The zero-order chi connectivity index (χ0) is 12.5. The zero-order valence-corrected chi connectivity index (χ0v) is 11.1. The number of benzene rings is 1. The molecule has 3 heteroatoms. The largest absolute Gasteiger partial charge is 0.223 e. The normalized spacial score (nSPS) is 21.1. The van der Waals surface area contributed by atoms with Crippen LogP contribution in [0.5, 0.6) is 0 Å². The highest BCUT2D eigenvalue weighted by molar-refractivity contribution is 7.92. The Morgan fingerprint density at radius 2 is 1.76 bits per heavy atom. The van der Waals surface area contributed by atoms with Gasteiger partial charge in [-0.05, 0) is 45.2 Å². The molecule has 1 aromatic carbocycles. The number of hydrogen-bond acceptors (Lipinski definition) is 2. The molecule has 17 heavy (non-hydrogen) atoms. The molecule has 0 heterocycles. The lowest BCUT2D eigenvalue weighted by Gasteiger charge is -2.22. The molecule has 0 saturated heterocycles. The van der Waals surface area contributed by atoms with Crippen molar-refractivity contribution in [3.63, 3.8) is 0 Å². The van der Waals surface area contributed by atoms with E-state index >= 15 is 0 Å². The summed E-state index contributed by atoms with van der Waals surface area (Å²) in [4.78, 5) is 0.447. The van der Waals surface area contributed by atoms with Crippen LogP contribution in [0.15, 0.2) is 40.8 Å². The highest BCUT2D eigenvalue weighted by Crippen LogP contribution is 2.29. The summed E-state index contributed by atoms with van der Waals surface area (Å²) in [6.07, 6.45) is 4.78. The van der Waals surface area contributed by atoms with Gasteiger partial charge in [0.2, 0.25) is 0 Å². The molecule has 0 bridgehead atoms. The molecule has 1 aliphatic rings. The van der Waals surface area contributed by atoms with E-state index in [1.165, 1.54) is 0 Å². The van der Waals surface area contributed by atoms with Gasteiger partial charge in [-0.2, -0.15) is 0 Å². The van der Waals surface area contributed by atoms with Gasteiger partial charge in [-0.25, -0.2) is 8.42 Å². The van der Waals surface area contributed by atoms with Gasteiger partial charge in [0.05, 0.1) is 10.1 Å². The van der Waals surface area contributed by atoms with E-state index in [0.717, 1.165) is 30.4 Å². The molecule has 0 aromatic heterocycles. The fourth-order valence-electron chi connectivity index (χ4n) is 2.28. The molecule has 2 rings (SSSR count). The van der Waals surface area contributed by atoms with Crippen LogP contribution in [-0.2, 0) is 9.84 Å². The van der Waals surface area contributed by atoms with Crippen LogP contribution < -0.4 is 0 Å². The maximum absolute atomic E-state index is 12.5. The average molecular weight is 250 g/mol. The Morgan fingerprint density at radius 1 is 1.12 bits per heavy atom. The summed E-state index contributed by atoms with van der Waals surface area (Å²) in [5.74, 6) is 0. The smallest absolute Gasteiger partial charge is 0.185 e. The summed E-state index contributed by atoms with van der Waals surface area (Å²) >= 11 is 0. The molecular weight excluding hydrogens is 232 g/mol. The van der Waals surface area contributed by atoms with Gasteiger partial charge in [0.1, 0.15) is 0 Å². The fraction of sp³-hybridized carbons (Fsp3) is 0.429. The predicted octanol–water partition coefficient (Wildman–Crippen LogP) is 3.27. The van der Waals surface area contributed by atoms with Crippen molar-refractivity contribution in [2.45, 2.75) is 43.3 Å². The SMILES string of the molecule is CC1=CCCCC1S(=O)(=O)c1ccc(C)cc1. The summed E-state index contributed by atoms with van der Waals surface area (Å²) < 4.78 is 24.9. The molecule has 1 atom stereocenters. The highest BCUT2D eigenvalue weighted by Gasteiger charge is 2.29. The Hall–Kier alpha value is -1.09. The second-order valence-electron chi connectivity index (χ2n) is 4.73. The minimum Gasteiger partial charge on any atom is -0.223 e. The lowest BCUT2D eigenvalue weighted by atomic mass is 10.0. The van der Waals surface area contributed by atoms with Crippen LogP contribution in [0.3, 0.4) is 0 Å². The Bertz CT molecular complexity index is 524. The lowest BCUT2D eigenvalue weighted by molar-refractivity contribution is 0.572. The molecule has 0 radical (unpaired) electrons. The van der Waals surface area contributed by atoms with Gasteiger partial charge in [-0.1, -0.05) is 29.3 Å². The molecule has 0 aliphatic heterocycles. The minimum absolute atomic E-state index is 0.320. The third-order valence-electron chi connectivity index (χ3n) is 3.37. The van der Waals surface area contributed by atoms with Crippen LogP contribution in [0.25, 0.3) is 0 Å². The third-order valence-corrected chi connectivity index (χ3v) is 5.65. The number of sulfone groups is 1. The summed E-state index contributed by atoms with van der Waals surface area (Å²) in [5.41, 5.74) is 2.08. The first kappa shape index (κ1) is 12.4. The van der Waals surface area contributed by atoms with Gasteiger partial charge in [-0.3, -0.25) is 0 Å². The second kappa shape index (κ2) is 4.65. The number of aryl methyl sites for hydroxylation is 1. The Morgan fingerprint density at radius 3 is 2.35 bits per heavy atom. The van der Waals surface area contributed by atoms with Crippen molar-refractivity contribution >= 4 is 9.84 Å². The highest BCUT2D eigenvalue weighted by atomic mass is 32.2. The maximum atomic E-state index is 12.5. The second-order valence-corrected chi connectivity index (χ2v) is 6.86. The Balaban J connectivity index is 2.39. The number of allylic oxidation sites excluding steroid dienone is 1. The van der Waals surface area contributed by atoms with Crippen LogP contribution in [0, 0.1) is 6.92 Å². The monoisotopic (exact) mass is 250 g/mol. The van der Waals surface area contributed by atoms with Crippen LogP contribution in [0.4, 0.5) is 0 Å². The van der Waals surface area contributed by atoms with Crippen molar-refractivity contribution in [1.82, 2.24) is 0 Å². The molecule has 0 amide bonds. The number of rotatable bonds is 2. The molecule has 92 valence electrons. The Labute approximate surface area is 103 Å². The van der Waals surface area contributed by atoms with E-state index in [-0.39, 0.29) is 5.25 Å². The van der Waals surface area contributed by atoms with Crippen LogP contribution in [0.1, 0.15) is 31.7 Å². The molecular formula is C14H18O2S. The van der Waals surface area contributed by atoms with Crippen molar-refractivity contribution in [2.75, 3.05) is 0 Å². The molecule has 0 saturated carbocycles. The summed E-state index contributed by atoms with van der Waals surface area (Å²) in [6.45, 7) is 3.89. The van der Waals surface area contributed by atoms with Gasteiger partial charge in [-0.15, -0.1) is 0 Å². The number of hydrogen-bond donors (Lipinski definition) is 0. The van der Waals surface area contributed by atoms with Crippen molar-refractivity contribution in [3.05, 3.63) is 41.5 Å². The van der Waals surface area contributed by atoms with Gasteiger partial charge >= 0.3 is 0 Å². The van der Waals surface area contributed by atoms with Gasteiger partial charge in [0, 0.05) is 0 Å². The van der Waals surface area contributed by atoms with Gasteiger partial charge in [0.15, 0.2) is 9.84 Å². The van der Waals surface area contributed by atoms with Crippen LogP contribution in [0.2, 0.25) is 0 Å². The molecule has 1 aliphatic carbocycles. The van der Waals surface area contributed by atoms with Crippen LogP contribution in [-0.4, -0.2) is 13.7 Å². The summed E-state index contributed by atoms with van der Waals surface area (Å²) in [7, 11) is -3.20. The van der Waals surface area contributed by atoms with E-state index in [1.807, 2.05) is 26.0 Å². The van der Waals surface area contributed by atoms with E-state index in [2.05, 4.69) is 6.08 Å². The van der Waals surface area contributed by atoms with E-state index in [1.54, 1.807) is 12.1 Å². The van der Waals surface area contributed by atoms with Crippen molar-refractivity contribution in [3.8, 4) is 0 Å². The maximum Gasteiger partial charge on any atom is 0.185 e. The van der Waals surface area contributed by atoms with Crippen molar-refractivity contribution < 1.29 is 8.42 Å². The molecule has 1 aromatic rings. The first-order chi connectivity index (χ1) is 8.01. The van der Waals surface area contributed by atoms with Crippen LogP contribution >= 0.6 is 0 Å². The minimum atomic E-state index is -3.20. The molecule has 0 spiro atoms. The van der Waals surface area contributed by atoms with Gasteiger partial charge < -0.3 is 0 Å². The Kier molecular flexibility index (Phi) is 3.38. The average Bonchev–Trinajstić information content (AvgIpc) is 2.30. The van der Waals surface area contributed by atoms with E-state index in [0.29, 0.717) is 4.90 Å². The molecule has 2 nitrogen and oxygen atoms in total. The van der Waals surface area contributed by atoms with E-state index < -0.39 is 9.84 Å². The molecule has 1 unspecified atom stereocenters. The third kappa shape index (κ3) is 2.44. The van der Waals surface area contributed by atoms with Gasteiger partial charge in [0.25, 0.3) is 0 Å². The van der Waals surface area contributed by atoms with Crippen molar-refractivity contribution in [2.24, 2.45) is 0 Å². The first-order valence-electron chi connectivity index (χ1n) is 5.99. The zero-order valence-electron chi connectivity index (χ0n) is 10.3. The summed E-state index contributed by atoms with van der Waals surface area (Å²) in [5, 5.41) is -0.320. The van der Waals surface area contributed by atoms with E-state index in [4.69, 9.17) is 0 Å². The standard InChI is InChI=1S/C14H18O2S/c1-11-7-9-13(10-8-11)17(15,16)14-6-4-3-5-12(14)2/h5,7-10,14H,3-4,6H2,1-2H3. The fourth-order valence-corrected chi connectivity index (χ4v) is 4.19. The van der Waals surface area contributed by atoms with E-state index in [9.17, 15) is 8.42 Å². The quantitative estimate of drug-likeness (QED) is 0.755. The van der Waals surface area contributed by atoms with Crippen molar-refractivity contribution in [1.29, 1.82) is 0 Å². The topological polar surface area (TPSA) is 34.1 Å². The molecule has 0 fully saturated rings. The predicted molar refractivity (Wildman–Crippen MR) is 69.8 cm³/mol. The summed E-state index contributed by atoms with van der Waals surface area (Å²) in [6, 6.07) is 7.14.